The number of nitrogens with one attached hydrogen (secondary N) is 1. The number of hydrazone groups is 1. The van der Waals surface area contributed by atoms with E-state index in [1.54, 1.807) is 67.6 Å². The highest BCUT2D eigenvalue weighted by molar-refractivity contribution is 7.92. The monoisotopic (exact) mass is 499 g/mol. The third kappa shape index (κ3) is 5.45. The van der Waals surface area contributed by atoms with Crippen LogP contribution in [0.5, 0.6) is 5.75 Å². The maximum Gasteiger partial charge on any atom is 0.273 e. The molecule has 2 N–H and O–H groups in total. The number of hydrogen-bond acceptors (Lipinski definition) is 5. The van der Waals surface area contributed by atoms with E-state index in [-0.39, 0.29) is 28.4 Å². The fraction of sp³-hybridized carbons (Fsp3) is 0.0714. The number of aromatic hydroxyl groups is 1. The smallest absolute Gasteiger partial charge is 0.273 e. The highest BCUT2D eigenvalue weighted by atomic mass is 32.2. The molecule has 0 fully saturated rings. The van der Waals surface area contributed by atoms with Gasteiger partial charge in [0.2, 0.25) is 0 Å². The van der Waals surface area contributed by atoms with Gasteiger partial charge < -0.3 is 5.11 Å². The van der Waals surface area contributed by atoms with Gasteiger partial charge in [-0.3, -0.25) is 9.10 Å². The third-order valence-corrected chi connectivity index (χ3v) is 7.31. The van der Waals surface area contributed by atoms with Gasteiger partial charge >= 0.3 is 0 Å². The second kappa shape index (κ2) is 10.9. The van der Waals surface area contributed by atoms with Crippen LogP contribution < -0.4 is 9.73 Å². The second-order valence-electron chi connectivity index (χ2n) is 7.98. The number of nitrogens with zero attached hydrogens (tertiary/aromatic N) is 2. The van der Waals surface area contributed by atoms with E-state index in [2.05, 4.69) is 10.5 Å². The van der Waals surface area contributed by atoms with E-state index in [1.807, 2.05) is 30.3 Å². The summed E-state index contributed by atoms with van der Waals surface area (Å²) < 4.78 is 28.7. The summed E-state index contributed by atoms with van der Waals surface area (Å²) in [7, 11) is -4.00. The number of benzene rings is 4. The number of carbonyl (C=O) groups excluding carboxylic acids is 1. The summed E-state index contributed by atoms with van der Waals surface area (Å²) in [4.78, 5) is 13.3. The summed E-state index contributed by atoms with van der Waals surface area (Å²) in [6, 6.07) is 30.4. The average Bonchev–Trinajstić information content (AvgIpc) is 2.91. The number of phenolic OH excluding ortho intramolecular Hbond substituents is 1. The number of hydrogen-bond donors (Lipinski definition) is 2. The lowest BCUT2D eigenvalue weighted by atomic mass is 10.1. The molecule has 4 rings (SSSR count). The average molecular weight is 500 g/mol. The molecule has 0 atom stereocenters. The predicted octanol–water partition coefficient (Wildman–Crippen LogP) is 4.94. The molecule has 7 nitrogen and oxygen atoms in total. The minimum absolute atomic E-state index is 0.0303. The zero-order valence-corrected chi connectivity index (χ0v) is 20.4. The first-order chi connectivity index (χ1) is 17.4. The van der Waals surface area contributed by atoms with E-state index in [9.17, 15) is 18.3 Å². The van der Waals surface area contributed by atoms with Crippen LogP contribution in [-0.2, 0) is 16.6 Å². The summed E-state index contributed by atoms with van der Waals surface area (Å²) in [6.07, 6.45) is 0. The maximum absolute atomic E-state index is 13.7. The van der Waals surface area contributed by atoms with Gasteiger partial charge in [0, 0.05) is 5.56 Å². The molecule has 0 saturated heterocycles. The van der Waals surface area contributed by atoms with Gasteiger partial charge in [-0.1, -0.05) is 72.8 Å². The summed E-state index contributed by atoms with van der Waals surface area (Å²) in [5, 5.41) is 14.2. The number of sulfonamides is 1. The van der Waals surface area contributed by atoms with Crippen LogP contribution in [0.2, 0.25) is 0 Å². The van der Waals surface area contributed by atoms with Gasteiger partial charge in [0.25, 0.3) is 15.9 Å². The third-order valence-electron chi connectivity index (χ3n) is 5.54. The molecule has 1 amide bonds. The van der Waals surface area contributed by atoms with Gasteiger partial charge in [-0.05, 0) is 48.9 Å². The van der Waals surface area contributed by atoms with Gasteiger partial charge in [-0.25, -0.2) is 13.8 Å². The van der Waals surface area contributed by atoms with Crippen molar-refractivity contribution in [3.8, 4) is 5.75 Å². The summed E-state index contributed by atoms with van der Waals surface area (Å²) in [6.45, 7) is 1.69. The summed E-state index contributed by atoms with van der Waals surface area (Å²) >= 11 is 0. The Morgan fingerprint density at radius 2 is 1.36 bits per heavy atom. The van der Waals surface area contributed by atoms with Crippen LogP contribution in [0.15, 0.2) is 119 Å². The maximum atomic E-state index is 13.7. The quantitative estimate of drug-likeness (QED) is 0.265. The molecule has 0 saturated carbocycles. The SMILES string of the molecule is C/C(=N/NC(=O)c1ccccc1N(Cc1ccccc1)S(=O)(=O)c1ccccc1)c1ccccc1O. The van der Waals surface area contributed by atoms with Crippen molar-refractivity contribution in [2.75, 3.05) is 4.31 Å². The van der Waals surface area contributed by atoms with E-state index in [0.29, 0.717) is 11.3 Å². The molecule has 0 heterocycles. The molecular formula is C28H25N3O4S. The predicted molar refractivity (Wildman–Crippen MR) is 140 cm³/mol. The Hall–Kier alpha value is -4.43. The van der Waals surface area contributed by atoms with E-state index < -0.39 is 15.9 Å². The Morgan fingerprint density at radius 3 is 2.03 bits per heavy atom. The Morgan fingerprint density at radius 1 is 0.806 bits per heavy atom. The molecular weight excluding hydrogens is 474 g/mol. The molecule has 0 unspecified atom stereocenters. The number of anilines is 1. The number of carbonyl (C=O) groups is 1. The van der Waals surface area contributed by atoms with E-state index in [4.69, 9.17) is 0 Å². The topological polar surface area (TPSA) is 99.1 Å². The molecule has 182 valence electrons. The normalized spacial score (nSPS) is 11.6. The first-order valence-electron chi connectivity index (χ1n) is 11.2. The molecule has 8 heteroatoms. The van der Waals surface area contributed by atoms with Crippen molar-refractivity contribution in [2.45, 2.75) is 18.4 Å². The molecule has 0 radical (unpaired) electrons. The minimum atomic E-state index is -4.00. The Labute approximate surface area is 210 Å². The van der Waals surface area contributed by atoms with Gasteiger partial charge in [-0.15, -0.1) is 0 Å². The van der Waals surface area contributed by atoms with Gasteiger partial charge in [0.15, 0.2) is 0 Å². The highest BCUT2D eigenvalue weighted by Crippen LogP contribution is 2.29. The number of amides is 1. The lowest BCUT2D eigenvalue weighted by Gasteiger charge is -2.26. The van der Waals surface area contributed by atoms with Crippen molar-refractivity contribution in [3.63, 3.8) is 0 Å². The van der Waals surface area contributed by atoms with Crippen LogP contribution in [0.4, 0.5) is 5.69 Å². The fourth-order valence-electron chi connectivity index (χ4n) is 3.69. The van der Waals surface area contributed by atoms with Crippen LogP contribution in [0.25, 0.3) is 0 Å². The Balaban J connectivity index is 1.73. The van der Waals surface area contributed by atoms with Gasteiger partial charge in [0.05, 0.1) is 28.4 Å². The standard InChI is InChI=1S/C28H25N3O4S/c1-21(24-16-9-11-19-27(24)32)29-30-28(33)25-17-8-10-18-26(25)31(20-22-12-4-2-5-13-22)36(34,35)23-14-6-3-7-15-23/h2-19,32H,20H2,1H3,(H,30,33)/b29-21-. The molecule has 4 aromatic rings. The summed E-state index contributed by atoms with van der Waals surface area (Å²) in [5.74, 6) is -0.543. The van der Waals surface area contributed by atoms with Gasteiger partial charge in [-0.2, -0.15) is 5.10 Å². The largest absolute Gasteiger partial charge is 0.507 e. The van der Waals surface area contributed by atoms with Crippen molar-refractivity contribution < 1.29 is 18.3 Å². The molecule has 4 aromatic carbocycles. The zero-order chi connectivity index (χ0) is 25.5. The van der Waals surface area contributed by atoms with E-state index in [0.717, 1.165) is 5.56 Å². The molecule has 0 bridgehead atoms. The zero-order valence-electron chi connectivity index (χ0n) is 19.6. The first kappa shape index (κ1) is 24.7. The first-order valence-corrected chi connectivity index (χ1v) is 12.7. The summed E-state index contributed by atoms with van der Waals surface area (Å²) in [5.41, 5.74) is 4.49. The van der Waals surface area contributed by atoms with Crippen LogP contribution in [0, 0.1) is 0 Å². The van der Waals surface area contributed by atoms with Gasteiger partial charge in [0.1, 0.15) is 5.75 Å². The lowest BCUT2D eigenvalue weighted by Crippen LogP contribution is -2.33. The molecule has 0 spiro atoms. The fourth-order valence-corrected chi connectivity index (χ4v) is 5.18. The van der Waals surface area contributed by atoms with Crippen LogP contribution >= 0.6 is 0 Å². The lowest BCUT2D eigenvalue weighted by molar-refractivity contribution is 0.0955. The highest BCUT2D eigenvalue weighted by Gasteiger charge is 2.28. The van der Waals surface area contributed by atoms with E-state index >= 15 is 0 Å². The Kier molecular flexibility index (Phi) is 7.46. The van der Waals surface area contributed by atoms with Crippen molar-refractivity contribution in [1.82, 2.24) is 5.43 Å². The van der Waals surface area contributed by atoms with Crippen molar-refractivity contribution in [1.29, 1.82) is 0 Å². The van der Waals surface area contributed by atoms with Crippen LogP contribution in [-0.4, -0.2) is 25.1 Å². The van der Waals surface area contributed by atoms with Crippen LogP contribution in [0.1, 0.15) is 28.4 Å². The molecule has 0 aliphatic rings. The number of phenols is 1. The van der Waals surface area contributed by atoms with E-state index in [1.165, 1.54) is 22.5 Å². The number of rotatable bonds is 8. The van der Waals surface area contributed by atoms with Crippen molar-refractivity contribution in [3.05, 3.63) is 126 Å². The minimum Gasteiger partial charge on any atom is -0.507 e. The second-order valence-corrected chi connectivity index (χ2v) is 9.85. The van der Waals surface area contributed by atoms with Crippen LogP contribution in [0.3, 0.4) is 0 Å². The molecule has 0 aliphatic carbocycles. The van der Waals surface area contributed by atoms with Crippen molar-refractivity contribution in [2.24, 2.45) is 5.10 Å². The molecule has 0 aromatic heterocycles. The molecule has 36 heavy (non-hydrogen) atoms. The Bertz CT molecular complexity index is 1490. The molecule has 0 aliphatic heterocycles. The number of para-hydroxylation sites is 2. The van der Waals surface area contributed by atoms with Crippen molar-refractivity contribution >= 4 is 27.3 Å².